The molecule has 0 saturated carbocycles. The Morgan fingerprint density at radius 1 is 1.15 bits per heavy atom. The van der Waals surface area contributed by atoms with E-state index < -0.39 is 18.8 Å². The molecule has 0 amide bonds. The Balaban J connectivity index is 2.30. The minimum atomic E-state index is -4.33. The predicted octanol–water partition coefficient (Wildman–Crippen LogP) is 2.82. The van der Waals surface area contributed by atoms with Crippen LogP contribution < -0.4 is 4.74 Å². The summed E-state index contributed by atoms with van der Waals surface area (Å²) >= 11 is 0. The molecular formula is C13H15F3O4. The van der Waals surface area contributed by atoms with Gasteiger partial charge in [-0.3, -0.25) is 0 Å². The number of rotatable bonds is 7. The van der Waals surface area contributed by atoms with Gasteiger partial charge in [0.05, 0.1) is 18.8 Å². The van der Waals surface area contributed by atoms with E-state index in [1.165, 1.54) is 24.3 Å². The number of alkyl halides is 3. The summed E-state index contributed by atoms with van der Waals surface area (Å²) in [6, 6.07) is 6.11. The number of hydrogen-bond acceptors (Lipinski definition) is 4. The molecule has 7 heteroatoms. The van der Waals surface area contributed by atoms with Crippen molar-refractivity contribution < 1.29 is 32.2 Å². The van der Waals surface area contributed by atoms with Crippen LogP contribution in [0.15, 0.2) is 24.3 Å². The molecule has 4 nitrogen and oxygen atoms in total. The lowest BCUT2D eigenvalue weighted by atomic mass is 10.2. The molecular weight excluding hydrogens is 277 g/mol. The Bertz CT molecular complexity index is 415. The Labute approximate surface area is 114 Å². The normalized spacial score (nSPS) is 11.2. The van der Waals surface area contributed by atoms with E-state index >= 15 is 0 Å². The van der Waals surface area contributed by atoms with Crippen molar-refractivity contribution in [2.24, 2.45) is 0 Å². The SMILES string of the molecule is CCOC(=O)c1ccc(OCCOCC(F)(F)F)cc1. The Morgan fingerprint density at radius 3 is 2.35 bits per heavy atom. The fourth-order valence-electron chi connectivity index (χ4n) is 1.31. The maximum absolute atomic E-state index is 11.8. The van der Waals surface area contributed by atoms with Gasteiger partial charge in [-0.2, -0.15) is 13.2 Å². The van der Waals surface area contributed by atoms with E-state index in [2.05, 4.69) is 4.74 Å². The predicted molar refractivity (Wildman–Crippen MR) is 64.8 cm³/mol. The third kappa shape index (κ3) is 6.42. The molecule has 0 saturated heterocycles. The van der Waals surface area contributed by atoms with Crippen molar-refractivity contribution in [3.05, 3.63) is 29.8 Å². The second-order valence-electron chi connectivity index (χ2n) is 3.76. The van der Waals surface area contributed by atoms with Crippen LogP contribution in [0.5, 0.6) is 5.75 Å². The van der Waals surface area contributed by atoms with Crippen LogP contribution in [0.1, 0.15) is 17.3 Å². The summed E-state index contributed by atoms with van der Waals surface area (Å²) in [7, 11) is 0. The van der Waals surface area contributed by atoms with Crippen molar-refractivity contribution in [3.63, 3.8) is 0 Å². The summed E-state index contributed by atoms with van der Waals surface area (Å²) in [5, 5.41) is 0. The summed E-state index contributed by atoms with van der Waals surface area (Å²) in [5.41, 5.74) is 0.382. The average molecular weight is 292 g/mol. The largest absolute Gasteiger partial charge is 0.491 e. The zero-order valence-corrected chi connectivity index (χ0v) is 10.9. The fourth-order valence-corrected chi connectivity index (χ4v) is 1.31. The van der Waals surface area contributed by atoms with Crippen LogP contribution in [0.3, 0.4) is 0 Å². The van der Waals surface area contributed by atoms with Crippen molar-refractivity contribution >= 4 is 5.97 Å². The quantitative estimate of drug-likeness (QED) is 0.572. The third-order valence-electron chi connectivity index (χ3n) is 2.13. The lowest BCUT2D eigenvalue weighted by molar-refractivity contribution is -0.175. The van der Waals surface area contributed by atoms with Gasteiger partial charge in [-0.1, -0.05) is 0 Å². The van der Waals surface area contributed by atoms with Crippen LogP contribution in [0, 0.1) is 0 Å². The van der Waals surface area contributed by atoms with Gasteiger partial charge in [-0.05, 0) is 31.2 Å². The third-order valence-corrected chi connectivity index (χ3v) is 2.13. The van der Waals surface area contributed by atoms with Crippen LogP contribution in [-0.4, -0.2) is 38.6 Å². The second kappa shape index (κ2) is 7.74. The molecule has 0 radical (unpaired) electrons. The maximum Gasteiger partial charge on any atom is 0.411 e. The highest BCUT2D eigenvalue weighted by Gasteiger charge is 2.27. The lowest BCUT2D eigenvalue weighted by Gasteiger charge is -2.09. The minimum Gasteiger partial charge on any atom is -0.491 e. The van der Waals surface area contributed by atoms with Crippen molar-refractivity contribution in [2.45, 2.75) is 13.1 Å². The van der Waals surface area contributed by atoms with Crippen LogP contribution in [-0.2, 0) is 9.47 Å². The number of hydrogen-bond donors (Lipinski definition) is 0. The highest BCUT2D eigenvalue weighted by Crippen LogP contribution is 2.15. The smallest absolute Gasteiger partial charge is 0.411 e. The molecule has 0 N–H and O–H groups in total. The van der Waals surface area contributed by atoms with Crippen LogP contribution in [0.4, 0.5) is 13.2 Å². The van der Waals surface area contributed by atoms with E-state index in [0.717, 1.165) is 0 Å². The van der Waals surface area contributed by atoms with Crippen LogP contribution >= 0.6 is 0 Å². The highest BCUT2D eigenvalue weighted by molar-refractivity contribution is 5.89. The van der Waals surface area contributed by atoms with E-state index in [9.17, 15) is 18.0 Å². The first-order chi connectivity index (χ1) is 9.42. The van der Waals surface area contributed by atoms with Crippen LogP contribution in [0.25, 0.3) is 0 Å². The summed E-state index contributed by atoms with van der Waals surface area (Å²) in [6.07, 6.45) is -4.33. The number of esters is 1. The zero-order chi connectivity index (χ0) is 15.0. The first-order valence-corrected chi connectivity index (χ1v) is 5.97. The van der Waals surface area contributed by atoms with Crippen molar-refractivity contribution in [1.29, 1.82) is 0 Å². The maximum atomic E-state index is 11.8. The highest BCUT2D eigenvalue weighted by atomic mass is 19.4. The summed E-state index contributed by atoms with van der Waals surface area (Å²) in [4.78, 5) is 11.4. The molecule has 0 aromatic heterocycles. The standard InChI is InChI=1S/C13H15F3O4/c1-2-19-12(17)10-3-5-11(6-4-10)20-8-7-18-9-13(14,15)16/h3-6H,2,7-9H2,1H3. The van der Waals surface area contributed by atoms with Gasteiger partial charge in [0.15, 0.2) is 0 Å². The second-order valence-corrected chi connectivity index (χ2v) is 3.76. The number of carbonyl (C=O) groups excluding carboxylic acids is 1. The molecule has 20 heavy (non-hydrogen) atoms. The summed E-state index contributed by atoms with van der Waals surface area (Å²) in [6.45, 7) is 0.524. The van der Waals surface area contributed by atoms with E-state index in [0.29, 0.717) is 11.3 Å². The molecule has 0 bridgehead atoms. The van der Waals surface area contributed by atoms with Crippen molar-refractivity contribution in [2.75, 3.05) is 26.4 Å². The molecule has 0 aliphatic carbocycles. The van der Waals surface area contributed by atoms with E-state index in [1.54, 1.807) is 6.92 Å². The topological polar surface area (TPSA) is 44.8 Å². The van der Waals surface area contributed by atoms with Crippen molar-refractivity contribution in [3.8, 4) is 5.75 Å². The Morgan fingerprint density at radius 2 is 1.80 bits per heavy atom. The van der Waals surface area contributed by atoms with Gasteiger partial charge in [-0.25, -0.2) is 4.79 Å². The molecule has 0 heterocycles. The molecule has 0 aliphatic rings. The van der Waals surface area contributed by atoms with E-state index in [-0.39, 0.29) is 19.8 Å². The average Bonchev–Trinajstić information content (AvgIpc) is 2.38. The Kier molecular flexibility index (Phi) is 6.30. The molecule has 112 valence electrons. The Hall–Kier alpha value is -1.76. The van der Waals surface area contributed by atoms with Gasteiger partial charge in [0.1, 0.15) is 19.0 Å². The molecule has 0 fully saturated rings. The number of ether oxygens (including phenoxy) is 3. The number of halogens is 3. The van der Waals surface area contributed by atoms with Crippen molar-refractivity contribution in [1.82, 2.24) is 0 Å². The van der Waals surface area contributed by atoms with Gasteiger partial charge < -0.3 is 14.2 Å². The molecule has 1 aromatic rings. The molecule has 1 rings (SSSR count). The molecule has 0 spiro atoms. The van der Waals surface area contributed by atoms with Gasteiger partial charge in [0.2, 0.25) is 0 Å². The zero-order valence-electron chi connectivity index (χ0n) is 10.9. The van der Waals surface area contributed by atoms with Gasteiger partial charge in [0, 0.05) is 0 Å². The van der Waals surface area contributed by atoms with E-state index in [1.807, 2.05) is 0 Å². The molecule has 1 aromatic carbocycles. The molecule has 0 atom stereocenters. The molecule has 0 unspecified atom stereocenters. The number of benzene rings is 1. The van der Waals surface area contributed by atoms with Crippen LogP contribution in [0.2, 0.25) is 0 Å². The van der Waals surface area contributed by atoms with Gasteiger partial charge >= 0.3 is 12.1 Å². The van der Waals surface area contributed by atoms with E-state index in [4.69, 9.17) is 9.47 Å². The minimum absolute atomic E-state index is 0.00513. The lowest BCUT2D eigenvalue weighted by Crippen LogP contribution is -2.19. The molecule has 0 aliphatic heterocycles. The van der Waals surface area contributed by atoms with Gasteiger partial charge in [0.25, 0.3) is 0 Å². The first-order valence-electron chi connectivity index (χ1n) is 5.97. The summed E-state index contributed by atoms with van der Waals surface area (Å²) in [5.74, 6) is 0.00113. The monoisotopic (exact) mass is 292 g/mol. The first kappa shape index (κ1) is 16.3. The fraction of sp³-hybridized carbons (Fsp3) is 0.462. The van der Waals surface area contributed by atoms with Gasteiger partial charge in [-0.15, -0.1) is 0 Å². The number of carbonyl (C=O) groups is 1. The summed E-state index contributed by atoms with van der Waals surface area (Å²) < 4.78 is 49.7.